The first kappa shape index (κ1) is 24.8. The second kappa shape index (κ2) is 7.63. The molecule has 7 unspecified atom stereocenters. The van der Waals surface area contributed by atoms with Crippen molar-refractivity contribution >= 4 is 23.2 Å². The van der Waals surface area contributed by atoms with E-state index in [1.807, 2.05) is 0 Å². The van der Waals surface area contributed by atoms with Crippen LogP contribution in [0, 0.1) is 17.8 Å². The lowest BCUT2D eigenvalue weighted by atomic mass is 9.52. The lowest BCUT2D eigenvalue weighted by Crippen LogP contribution is -2.74. The van der Waals surface area contributed by atoms with E-state index >= 15 is 0 Å². The number of phenolic OH excluding ortho intramolecular Hbond substituents is 1. The second-order valence-corrected chi connectivity index (χ2v) is 9.29. The Bertz CT molecular complexity index is 1080. The smallest absolute Gasteiger partial charge is 0.230 e. The number of carbonyl (C=O) groups is 3. The predicted octanol–water partition coefficient (Wildman–Crippen LogP) is -0.570. The summed E-state index contributed by atoms with van der Waals surface area (Å²) < 4.78 is 0. The zero-order chi connectivity index (χ0) is 23.9. The van der Waals surface area contributed by atoms with Crippen molar-refractivity contribution in [2.75, 3.05) is 14.1 Å². The minimum absolute atomic E-state index is 0. The summed E-state index contributed by atoms with van der Waals surface area (Å²) in [4.78, 5) is 40.3. The lowest BCUT2D eigenvalue weighted by Gasteiger charge is -2.55. The molecule has 0 heterocycles. The number of ketones is 2. The van der Waals surface area contributed by atoms with Gasteiger partial charge < -0.3 is 36.2 Å². The van der Waals surface area contributed by atoms with Gasteiger partial charge >= 0.3 is 0 Å². The van der Waals surface area contributed by atoms with Crippen molar-refractivity contribution in [3.63, 3.8) is 0 Å². The van der Waals surface area contributed by atoms with Crippen molar-refractivity contribution in [3.05, 3.63) is 34.9 Å². The molecule has 1 amide bonds. The number of Topliss-reactive ketones (excluding diaryl/α,β-unsaturated/α-hetero) is 2. The fourth-order valence-corrected chi connectivity index (χ4v) is 5.86. The molecule has 7 atom stereocenters. The zero-order valence-electron chi connectivity index (χ0n) is 17.8. The molecule has 2 saturated carbocycles. The molecule has 2 fully saturated rings. The van der Waals surface area contributed by atoms with Crippen molar-refractivity contribution < 1.29 is 39.9 Å². The van der Waals surface area contributed by atoms with Crippen LogP contribution in [0.15, 0.2) is 23.8 Å². The molecular weight excluding hydrogens is 432 g/mol. The highest BCUT2D eigenvalue weighted by Crippen LogP contribution is 2.56. The van der Waals surface area contributed by atoms with Gasteiger partial charge in [0, 0.05) is 23.5 Å². The first-order valence-electron chi connectivity index (χ1n) is 10.2. The van der Waals surface area contributed by atoms with E-state index in [1.54, 1.807) is 14.1 Å². The average Bonchev–Trinajstić information content (AvgIpc) is 2.68. The largest absolute Gasteiger partial charge is 0.507 e. The molecular formula is C23H30N2O8. The molecule has 1 aromatic rings. The van der Waals surface area contributed by atoms with Crippen LogP contribution < -0.4 is 5.73 Å². The summed E-state index contributed by atoms with van der Waals surface area (Å²) in [6, 6.07) is 3.23. The normalized spacial score (nSPS) is 37.7. The van der Waals surface area contributed by atoms with Gasteiger partial charge in [0.2, 0.25) is 11.7 Å². The number of amides is 1. The molecule has 3 aliphatic carbocycles. The summed E-state index contributed by atoms with van der Waals surface area (Å²) in [6.07, 6.45) is -1.75. The third kappa shape index (κ3) is 2.98. The second-order valence-electron chi connectivity index (χ2n) is 9.29. The summed E-state index contributed by atoms with van der Waals surface area (Å²) >= 11 is 0. The van der Waals surface area contributed by atoms with E-state index in [0.29, 0.717) is 0 Å². The number of aliphatic hydroxyl groups is 4. The standard InChI is InChI=1S/C22H26N2O8.CH4/c1-21(31)8-5-4-6-11(25)12(8)16(26)13-9(21)7-10-15(24(2)3)17(27)14(20(23)30)19(29)22(10,32)18(13)28;/h4-6,9-10,14-15,17,25-27,31-32H,7H2,1-3H3,(H2,23,30);1H4. The Hall–Kier alpha value is -2.79. The maximum absolute atomic E-state index is 13.7. The van der Waals surface area contributed by atoms with E-state index < -0.39 is 69.9 Å². The lowest BCUT2D eigenvalue weighted by molar-refractivity contribution is -0.188. The van der Waals surface area contributed by atoms with Gasteiger partial charge in [0.05, 0.1) is 17.3 Å². The van der Waals surface area contributed by atoms with Crippen LogP contribution >= 0.6 is 0 Å². The minimum atomic E-state index is -2.76. The summed E-state index contributed by atoms with van der Waals surface area (Å²) in [5.74, 6) is -8.74. The Labute approximate surface area is 190 Å². The molecule has 1 aromatic carbocycles. The van der Waals surface area contributed by atoms with E-state index in [2.05, 4.69) is 0 Å². The van der Waals surface area contributed by atoms with Gasteiger partial charge in [-0.25, -0.2) is 0 Å². The van der Waals surface area contributed by atoms with Crippen LogP contribution in [0.5, 0.6) is 5.75 Å². The molecule has 180 valence electrons. The number of fused-ring (bicyclic) bond motifs is 3. The van der Waals surface area contributed by atoms with E-state index in [1.165, 1.54) is 30.0 Å². The minimum Gasteiger partial charge on any atom is -0.507 e. The maximum atomic E-state index is 13.7. The SMILES string of the molecule is C.CN(C)C1C(O)C(C(N)=O)C(=O)C2(O)C(=O)C3=C(O)c4c(O)cccc4C(C)(O)C3CC12. The topological polar surface area (TPSA) is 182 Å². The van der Waals surface area contributed by atoms with E-state index in [-0.39, 0.29) is 30.7 Å². The Morgan fingerprint density at radius 1 is 1.18 bits per heavy atom. The third-order valence-electron chi connectivity index (χ3n) is 7.39. The number of likely N-dealkylation sites (N-methyl/N-ethyl adjacent to an activating group) is 1. The van der Waals surface area contributed by atoms with Gasteiger partial charge in [-0.1, -0.05) is 19.6 Å². The Morgan fingerprint density at radius 2 is 1.79 bits per heavy atom. The van der Waals surface area contributed by atoms with Gasteiger partial charge in [0.1, 0.15) is 17.4 Å². The quantitative estimate of drug-likeness (QED) is 0.314. The average molecular weight is 462 g/mol. The fourth-order valence-electron chi connectivity index (χ4n) is 5.86. The number of phenols is 1. The van der Waals surface area contributed by atoms with E-state index in [4.69, 9.17) is 5.73 Å². The Balaban J connectivity index is 0.00000306. The van der Waals surface area contributed by atoms with Crippen LogP contribution in [0.2, 0.25) is 0 Å². The number of primary amides is 1. The molecule has 0 aromatic heterocycles. The van der Waals surface area contributed by atoms with Gasteiger partial charge in [-0.2, -0.15) is 0 Å². The van der Waals surface area contributed by atoms with Gasteiger partial charge in [-0.15, -0.1) is 0 Å². The fraction of sp³-hybridized carbons (Fsp3) is 0.522. The van der Waals surface area contributed by atoms with Crippen molar-refractivity contribution in [1.82, 2.24) is 4.90 Å². The van der Waals surface area contributed by atoms with Gasteiger partial charge in [-0.3, -0.25) is 14.4 Å². The Morgan fingerprint density at radius 3 is 2.33 bits per heavy atom. The van der Waals surface area contributed by atoms with Crippen LogP contribution in [0.25, 0.3) is 5.76 Å². The molecule has 0 saturated heterocycles. The van der Waals surface area contributed by atoms with Gasteiger partial charge in [0.25, 0.3) is 0 Å². The monoisotopic (exact) mass is 462 g/mol. The van der Waals surface area contributed by atoms with Crippen LogP contribution in [-0.2, 0) is 20.0 Å². The number of hydrogen-bond donors (Lipinski definition) is 6. The molecule has 4 rings (SSSR count). The zero-order valence-corrected chi connectivity index (χ0v) is 17.8. The van der Waals surface area contributed by atoms with Crippen molar-refractivity contribution in [3.8, 4) is 5.75 Å². The summed E-state index contributed by atoms with van der Waals surface area (Å²) in [5.41, 5.74) is 0.420. The first-order chi connectivity index (χ1) is 14.8. The third-order valence-corrected chi connectivity index (χ3v) is 7.39. The molecule has 0 bridgehead atoms. The molecule has 0 spiro atoms. The summed E-state index contributed by atoms with van der Waals surface area (Å²) in [5, 5.41) is 55.0. The van der Waals surface area contributed by atoms with Crippen LogP contribution in [0.3, 0.4) is 0 Å². The van der Waals surface area contributed by atoms with Gasteiger partial charge in [-0.05, 0) is 39.1 Å². The number of benzene rings is 1. The van der Waals surface area contributed by atoms with Crippen LogP contribution in [0.1, 0.15) is 31.9 Å². The maximum Gasteiger partial charge on any atom is 0.230 e. The molecule has 33 heavy (non-hydrogen) atoms. The predicted molar refractivity (Wildman–Crippen MR) is 117 cm³/mol. The van der Waals surface area contributed by atoms with Crippen molar-refractivity contribution in [2.24, 2.45) is 23.5 Å². The van der Waals surface area contributed by atoms with Crippen molar-refractivity contribution in [1.29, 1.82) is 0 Å². The molecule has 10 nitrogen and oxygen atoms in total. The summed E-state index contributed by atoms with van der Waals surface area (Å²) in [7, 11) is 3.11. The molecule has 0 aliphatic heterocycles. The molecule has 10 heteroatoms. The summed E-state index contributed by atoms with van der Waals surface area (Å²) in [6.45, 7) is 1.41. The number of aliphatic hydroxyl groups excluding tert-OH is 2. The van der Waals surface area contributed by atoms with Gasteiger partial charge in [0.15, 0.2) is 11.4 Å². The highest BCUT2D eigenvalue weighted by atomic mass is 16.3. The number of aromatic hydroxyl groups is 1. The molecule has 7 N–H and O–H groups in total. The van der Waals surface area contributed by atoms with E-state index in [0.717, 1.165) is 0 Å². The number of carbonyl (C=O) groups excluding carboxylic acids is 3. The van der Waals surface area contributed by atoms with Crippen LogP contribution in [-0.4, -0.2) is 79.7 Å². The number of rotatable bonds is 2. The Kier molecular flexibility index (Phi) is 5.74. The van der Waals surface area contributed by atoms with Crippen LogP contribution in [0.4, 0.5) is 0 Å². The number of nitrogens with zero attached hydrogens (tertiary/aromatic N) is 1. The molecule has 0 radical (unpaired) electrons. The first-order valence-corrected chi connectivity index (χ1v) is 10.2. The molecule has 3 aliphatic rings. The van der Waals surface area contributed by atoms with E-state index in [9.17, 15) is 39.9 Å². The highest BCUT2D eigenvalue weighted by Gasteiger charge is 2.69. The number of hydrogen-bond acceptors (Lipinski definition) is 9. The number of nitrogens with two attached hydrogens (primary N) is 1. The highest BCUT2D eigenvalue weighted by molar-refractivity contribution is 6.25. The van der Waals surface area contributed by atoms with Crippen molar-refractivity contribution in [2.45, 2.75) is 44.1 Å².